The van der Waals surface area contributed by atoms with Gasteiger partial charge in [0.05, 0.1) is 20.8 Å². The molecule has 0 bridgehead atoms. The summed E-state index contributed by atoms with van der Waals surface area (Å²) in [7, 11) is 3.30. The van der Waals surface area contributed by atoms with Crippen LogP contribution in [0.25, 0.3) is 0 Å². The second kappa shape index (κ2) is 12.3. The van der Waals surface area contributed by atoms with Gasteiger partial charge in [0, 0.05) is 5.92 Å². The maximum atomic E-state index is 6.06. The highest BCUT2D eigenvalue weighted by atomic mass is 16.5. The van der Waals surface area contributed by atoms with Crippen LogP contribution in [0.2, 0.25) is 0 Å². The third-order valence-corrected chi connectivity index (χ3v) is 5.09. The molecular formula is C24H35NO3. The first-order chi connectivity index (χ1) is 13.7. The van der Waals surface area contributed by atoms with Gasteiger partial charge in [0.15, 0.2) is 11.5 Å². The van der Waals surface area contributed by atoms with Crippen molar-refractivity contribution in [2.75, 3.05) is 27.4 Å². The zero-order valence-corrected chi connectivity index (χ0v) is 17.6. The smallest absolute Gasteiger partial charge is 0.160 e. The van der Waals surface area contributed by atoms with Gasteiger partial charge in [0.25, 0.3) is 0 Å². The average molecular weight is 386 g/mol. The maximum Gasteiger partial charge on any atom is 0.160 e. The number of methoxy groups -OCH3 is 2. The molecule has 0 saturated heterocycles. The highest BCUT2D eigenvalue weighted by Crippen LogP contribution is 2.31. The van der Waals surface area contributed by atoms with E-state index >= 15 is 0 Å². The molecule has 0 spiro atoms. The quantitative estimate of drug-likeness (QED) is 0.473. The van der Waals surface area contributed by atoms with Crippen LogP contribution < -0.4 is 19.9 Å². The van der Waals surface area contributed by atoms with E-state index < -0.39 is 0 Å². The Kier molecular flexibility index (Phi) is 9.70. The lowest BCUT2D eigenvalue weighted by Gasteiger charge is -2.18. The molecule has 0 aliphatic carbocycles. The highest BCUT2D eigenvalue weighted by molar-refractivity contribution is 5.44. The SMILES string of the molecule is CCCCCCCOc1ccc(CC(CN)c2ccc(OC)c(OC)c2)cc1. The molecule has 1 atom stereocenters. The summed E-state index contributed by atoms with van der Waals surface area (Å²) in [5.74, 6) is 2.64. The molecular weight excluding hydrogens is 350 g/mol. The molecule has 2 rings (SSSR count). The van der Waals surface area contributed by atoms with Gasteiger partial charge in [0.1, 0.15) is 5.75 Å². The number of rotatable bonds is 13. The van der Waals surface area contributed by atoms with E-state index in [9.17, 15) is 0 Å². The van der Waals surface area contributed by atoms with Gasteiger partial charge < -0.3 is 19.9 Å². The molecule has 0 aromatic heterocycles. The molecule has 0 radical (unpaired) electrons. The molecule has 2 aromatic carbocycles. The van der Waals surface area contributed by atoms with Crippen molar-refractivity contribution in [3.05, 3.63) is 53.6 Å². The van der Waals surface area contributed by atoms with Gasteiger partial charge in [-0.25, -0.2) is 0 Å². The van der Waals surface area contributed by atoms with E-state index in [2.05, 4.69) is 37.3 Å². The first-order valence-electron chi connectivity index (χ1n) is 10.4. The van der Waals surface area contributed by atoms with Gasteiger partial charge in [-0.05, 0) is 54.8 Å². The molecule has 154 valence electrons. The van der Waals surface area contributed by atoms with Gasteiger partial charge in [-0.1, -0.05) is 50.8 Å². The Hall–Kier alpha value is -2.20. The first-order valence-corrected chi connectivity index (χ1v) is 10.4. The van der Waals surface area contributed by atoms with Gasteiger partial charge in [-0.3, -0.25) is 0 Å². The van der Waals surface area contributed by atoms with Crippen LogP contribution in [-0.2, 0) is 6.42 Å². The lowest BCUT2D eigenvalue weighted by atomic mass is 9.92. The van der Waals surface area contributed by atoms with Crippen LogP contribution >= 0.6 is 0 Å². The van der Waals surface area contributed by atoms with Crippen LogP contribution in [0.5, 0.6) is 17.2 Å². The molecule has 0 saturated carbocycles. The number of ether oxygens (including phenoxy) is 3. The Morgan fingerprint density at radius 1 is 0.857 bits per heavy atom. The van der Waals surface area contributed by atoms with E-state index in [1.54, 1.807) is 14.2 Å². The normalized spacial score (nSPS) is 11.9. The van der Waals surface area contributed by atoms with E-state index in [1.165, 1.54) is 31.2 Å². The molecule has 2 N–H and O–H groups in total. The fourth-order valence-corrected chi connectivity index (χ4v) is 3.35. The van der Waals surface area contributed by atoms with E-state index in [0.717, 1.165) is 42.3 Å². The van der Waals surface area contributed by atoms with Gasteiger partial charge in [-0.2, -0.15) is 0 Å². The second-order valence-corrected chi connectivity index (χ2v) is 7.16. The minimum atomic E-state index is 0.227. The minimum Gasteiger partial charge on any atom is -0.494 e. The molecule has 2 aromatic rings. The predicted molar refractivity (Wildman–Crippen MR) is 116 cm³/mol. The highest BCUT2D eigenvalue weighted by Gasteiger charge is 2.14. The fraction of sp³-hybridized carbons (Fsp3) is 0.500. The van der Waals surface area contributed by atoms with Crippen molar-refractivity contribution in [1.82, 2.24) is 0 Å². The number of benzene rings is 2. The van der Waals surface area contributed by atoms with Crippen molar-refractivity contribution < 1.29 is 14.2 Å². The number of hydrogen-bond donors (Lipinski definition) is 1. The van der Waals surface area contributed by atoms with E-state index in [4.69, 9.17) is 19.9 Å². The molecule has 28 heavy (non-hydrogen) atoms. The van der Waals surface area contributed by atoms with Crippen LogP contribution in [0.1, 0.15) is 56.1 Å². The summed E-state index contributed by atoms with van der Waals surface area (Å²) in [6, 6.07) is 14.4. The van der Waals surface area contributed by atoms with Crippen LogP contribution in [0.15, 0.2) is 42.5 Å². The third-order valence-electron chi connectivity index (χ3n) is 5.09. The number of nitrogens with two attached hydrogens (primary N) is 1. The van der Waals surface area contributed by atoms with Crippen LogP contribution in [0.4, 0.5) is 0 Å². The monoisotopic (exact) mass is 385 g/mol. The molecule has 1 unspecified atom stereocenters. The number of hydrogen-bond acceptors (Lipinski definition) is 4. The van der Waals surface area contributed by atoms with Crippen LogP contribution in [0, 0.1) is 0 Å². The zero-order chi connectivity index (χ0) is 20.2. The summed E-state index contributed by atoms with van der Waals surface area (Å²) in [4.78, 5) is 0. The molecule has 0 aliphatic heterocycles. The summed E-state index contributed by atoms with van der Waals surface area (Å²) < 4.78 is 16.6. The van der Waals surface area contributed by atoms with Gasteiger partial charge in [-0.15, -0.1) is 0 Å². The van der Waals surface area contributed by atoms with Crippen molar-refractivity contribution in [2.24, 2.45) is 5.73 Å². The Morgan fingerprint density at radius 3 is 2.21 bits per heavy atom. The summed E-state index contributed by atoms with van der Waals surface area (Å²) in [6.45, 7) is 3.60. The molecule has 0 aliphatic rings. The van der Waals surface area contributed by atoms with Crippen molar-refractivity contribution in [1.29, 1.82) is 0 Å². The summed E-state index contributed by atoms with van der Waals surface area (Å²) in [6.07, 6.45) is 7.14. The minimum absolute atomic E-state index is 0.227. The predicted octanol–water partition coefficient (Wildman–Crippen LogP) is 5.34. The van der Waals surface area contributed by atoms with Crippen molar-refractivity contribution in [3.63, 3.8) is 0 Å². The van der Waals surface area contributed by atoms with Crippen molar-refractivity contribution in [3.8, 4) is 17.2 Å². The summed E-state index contributed by atoms with van der Waals surface area (Å²) >= 11 is 0. The Morgan fingerprint density at radius 2 is 1.57 bits per heavy atom. The number of unbranched alkanes of at least 4 members (excludes halogenated alkanes) is 4. The Balaban J connectivity index is 1.91. The zero-order valence-electron chi connectivity index (χ0n) is 17.6. The maximum absolute atomic E-state index is 6.06. The molecule has 4 heteroatoms. The summed E-state index contributed by atoms with van der Waals surface area (Å²) in [5, 5.41) is 0. The lowest BCUT2D eigenvalue weighted by Crippen LogP contribution is -2.15. The first kappa shape index (κ1) is 22.1. The van der Waals surface area contributed by atoms with Gasteiger partial charge >= 0.3 is 0 Å². The van der Waals surface area contributed by atoms with Gasteiger partial charge in [0.2, 0.25) is 0 Å². The van der Waals surface area contributed by atoms with Crippen molar-refractivity contribution in [2.45, 2.75) is 51.4 Å². The largest absolute Gasteiger partial charge is 0.494 e. The summed E-state index contributed by atoms with van der Waals surface area (Å²) in [5.41, 5.74) is 8.47. The average Bonchev–Trinajstić information content (AvgIpc) is 2.75. The molecule has 0 heterocycles. The molecule has 4 nitrogen and oxygen atoms in total. The van der Waals surface area contributed by atoms with E-state index in [1.807, 2.05) is 12.1 Å². The lowest BCUT2D eigenvalue weighted by molar-refractivity contribution is 0.304. The van der Waals surface area contributed by atoms with Crippen LogP contribution in [-0.4, -0.2) is 27.4 Å². The van der Waals surface area contributed by atoms with Crippen molar-refractivity contribution >= 4 is 0 Å². The standard InChI is InChI=1S/C24H35NO3/c1-4-5-6-7-8-15-28-22-12-9-19(10-13-22)16-21(18-25)20-11-14-23(26-2)24(17-20)27-3/h9-14,17,21H,4-8,15-16,18,25H2,1-3H3. The van der Waals surface area contributed by atoms with E-state index in [-0.39, 0.29) is 5.92 Å². The topological polar surface area (TPSA) is 53.7 Å². The Bertz CT molecular complexity index is 685. The molecule has 0 amide bonds. The third kappa shape index (κ3) is 6.75. The molecule has 0 fully saturated rings. The van der Waals surface area contributed by atoms with E-state index in [0.29, 0.717) is 6.54 Å². The fourth-order valence-electron chi connectivity index (χ4n) is 3.35. The van der Waals surface area contributed by atoms with Crippen LogP contribution in [0.3, 0.4) is 0 Å². The Labute approximate surface area is 170 Å². The second-order valence-electron chi connectivity index (χ2n) is 7.16.